The number of hydrogen-bond acceptors (Lipinski definition) is 3. The zero-order valence-electron chi connectivity index (χ0n) is 11.3. The Balaban J connectivity index is 2.10. The summed E-state index contributed by atoms with van der Waals surface area (Å²) >= 11 is 0. The first-order chi connectivity index (χ1) is 9.97. The Morgan fingerprint density at radius 3 is 2.38 bits per heavy atom. The van der Waals surface area contributed by atoms with E-state index in [2.05, 4.69) is 5.32 Å². The molecule has 4 nitrogen and oxygen atoms in total. The van der Waals surface area contributed by atoms with Crippen LogP contribution in [0, 0.1) is 21.7 Å². The van der Waals surface area contributed by atoms with Gasteiger partial charge < -0.3 is 5.32 Å². The molecular weight excluding hydrogens is 278 g/mol. The summed E-state index contributed by atoms with van der Waals surface area (Å²) in [5.74, 6) is -0.849. The van der Waals surface area contributed by atoms with Crippen molar-refractivity contribution in [2.75, 3.05) is 0 Å². The third kappa shape index (κ3) is 3.82. The molecule has 2 aromatic carbocycles. The zero-order valence-corrected chi connectivity index (χ0v) is 11.3. The van der Waals surface area contributed by atoms with Crippen LogP contribution in [0.3, 0.4) is 0 Å². The van der Waals surface area contributed by atoms with Gasteiger partial charge in [0.1, 0.15) is 11.6 Å². The molecule has 0 bridgehead atoms. The van der Waals surface area contributed by atoms with Crippen molar-refractivity contribution in [2.45, 2.75) is 19.5 Å². The van der Waals surface area contributed by atoms with Crippen LogP contribution in [0.15, 0.2) is 42.5 Å². The van der Waals surface area contributed by atoms with Crippen molar-refractivity contribution in [2.24, 2.45) is 0 Å². The summed E-state index contributed by atoms with van der Waals surface area (Å²) in [6.45, 7) is 1.99. The van der Waals surface area contributed by atoms with E-state index in [9.17, 15) is 18.9 Å². The lowest BCUT2D eigenvalue weighted by Crippen LogP contribution is -2.19. The van der Waals surface area contributed by atoms with Crippen molar-refractivity contribution in [1.29, 1.82) is 0 Å². The Hall–Kier alpha value is -2.34. The van der Waals surface area contributed by atoms with Crippen LogP contribution in [-0.4, -0.2) is 4.92 Å². The van der Waals surface area contributed by atoms with Gasteiger partial charge in [0.2, 0.25) is 0 Å². The predicted octanol–water partition coefficient (Wildman–Crippen LogP) is 3.72. The largest absolute Gasteiger partial charge is 0.306 e. The quantitative estimate of drug-likeness (QED) is 0.675. The highest BCUT2D eigenvalue weighted by atomic mass is 19.1. The molecular formula is C15H14F2N2O2. The molecule has 0 amide bonds. The molecule has 0 unspecified atom stereocenters. The van der Waals surface area contributed by atoms with Crippen molar-refractivity contribution in [3.63, 3.8) is 0 Å². The second-order valence-electron chi connectivity index (χ2n) is 4.68. The summed E-state index contributed by atoms with van der Waals surface area (Å²) in [5, 5.41) is 14.0. The molecule has 1 N–H and O–H groups in total. The Bertz CT molecular complexity index is 645. The highest BCUT2D eigenvalue weighted by molar-refractivity contribution is 5.40. The molecule has 0 saturated carbocycles. The van der Waals surface area contributed by atoms with E-state index >= 15 is 0 Å². The van der Waals surface area contributed by atoms with E-state index < -0.39 is 10.7 Å². The number of hydrogen-bond donors (Lipinski definition) is 1. The molecule has 0 fully saturated rings. The van der Waals surface area contributed by atoms with Crippen LogP contribution in [-0.2, 0) is 6.54 Å². The van der Waals surface area contributed by atoms with Crippen LogP contribution in [0.5, 0.6) is 0 Å². The molecule has 0 heterocycles. The third-order valence-electron chi connectivity index (χ3n) is 3.21. The van der Waals surface area contributed by atoms with Gasteiger partial charge in [0.15, 0.2) is 0 Å². The summed E-state index contributed by atoms with van der Waals surface area (Å²) in [6.07, 6.45) is 0. The second kappa shape index (κ2) is 6.41. The van der Waals surface area contributed by atoms with Crippen LogP contribution in [0.4, 0.5) is 14.5 Å². The lowest BCUT2D eigenvalue weighted by atomic mass is 10.1. The van der Waals surface area contributed by atoms with Gasteiger partial charge in [-0.15, -0.1) is 0 Å². The first-order valence-corrected chi connectivity index (χ1v) is 6.39. The second-order valence-corrected chi connectivity index (χ2v) is 4.68. The Kier molecular flexibility index (Phi) is 4.59. The van der Waals surface area contributed by atoms with Crippen molar-refractivity contribution in [3.05, 3.63) is 75.3 Å². The van der Waals surface area contributed by atoms with Crippen molar-refractivity contribution >= 4 is 5.69 Å². The summed E-state index contributed by atoms with van der Waals surface area (Å²) in [5.41, 5.74) is 0.986. The van der Waals surface area contributed by atoms with E-state index in [1.807, 2.05) is 6.92 Å². The topological polar surface area (TPSA) is 55.2 Å². The normalized spacial score (nSPS) is 12.1. The molecule has 0 spiro atoms. The number of nitrogens with one attached hydrogen (secondary N) is 1. The number of nitrogens with zero attached hydrogens (tertiary/aromatic N) is 1. The Morgan fingerprint density at radius 2 is 1.76 bits per heavy atom. The van der Waals surface area contributed by atoms with Gasteiger partial charge in [0.25, 0.3) is 5.69 Å². The van der Waals surface area contributed by atoms with Crippen LogP contribution < -0.4 is 5.32 Å². The summed E-state index contributed by atoms with van der Waals surface area (Å²) < 4.78 is 26.1. The lowest BCUT2D eigenvalue weighted by Gasteiger charge is -2.14. The molecule has 0 aliphatic rings. The average molecular weight is 292 g/mol. The Morgan fingerprint density at radius 1 is 1.14 bits per heavy atom. The first kappa shape index (κ1) is 15.1. The van der Waals surface area contributed by atoms with Crippen LogP contribution in [0.1, 0.15) is 24.1 Å². The minimum atomic E-state index is -0.543. The fraction of sp³-hybridized carbons (Fsp3) is 0.200. The molecule has 21 heavy (non-hydrogen) atoms. The number of nitro groups is 1. The van der Waals surface area contributed by atoms with Gasteiger partial charge in [-0.2, -0.15) is 0 Å². The fourth-order valence-electron chi connectivity index (χ4n) is 2.01. The van der Waals surface area contributed by atoms with Crippen LogP contribution >= 0.6 is 0 Å². The third-order valence-corrected chi connectivity index (χ3v) is 3.21. The maximum atomic E-state index is 13.2. The maximum Gasteiger partial charge on any atom is 0.274 e. The summed E-state index contributed by atoms with van der Waals surface area (Å²) in [7, 11) is 0. The highest BCUT2D eigenvalue weighted by Gasteiger charge is 2.15. The SMILES string of the molecule is C[C@H](NCc1cc(F)ccc1[N+](=O)[O-])c1ccc(F)cc1. The maximum absolute atomic E-state index is 13.2. The molecule has 0 saturated heterocycles. The van der Waals surface area contributed by atoms with Crippen LogP contribution in [0.25, 0.3) is 0 Å². The van der Waals surface area contributed by atoms with Gasteiger partial charge >= 0.3 is 0 Å². The first-order valence-electron chi connectivity index (χ1n) is 6.39. The molecule has 2 rings (SSSR count). The molecule has 0 aromatic heterocycles. The summed E-state index contributed by atoms with van der Waals surface area (Å²) in [6, 6.07) is 9.16. The molecule has 110 valence electrons. The zero-order chi connectivity index (χ0) is 15.4. The highest BCUT2D eigenvalue weighted by Crippen LogP contribution is 2.21. The monoisotopic (exact) mass is 292 g/mol. The molecule has 2 aromatic rings. The molecule has 1 atom stereocenters. The molecule has 0 aliphatic carbocycles. The fourth-order valence-corrected chi connectivity index (χ4v) is 2.01. The van der Waals surface area contributed by atoms with Crippen molar-refractivity contribution in [1.82, 2.24) is 5.32 Å². The number of benzene rings is 2. The number of rotatable bonds is 5. The molecule has 6 heteroatoms. The average Bonchev–Trinajstić information content (AvgIpc) is 2.45. The van der Waals surface area contributed by atoms with Gasteiger partial charge in [0.05, 0.1) is 4.92 Å². The Labute approximate surface area is 120 Å². The van der Waals surface area contributed by atoms with Gasteiger partial charge in [0, 0.05) is 24.2 Å². The number of halogens is 2. The minimum Gasteiger partial charge on any atom is -0.306 e. The van der Waals surface area contributed by atoms with E-state index in [0.29, 0.717) is 0 Å². The van der Waals surface area contributed by atoms with E-state index in [1.165, 1.54) is 12.1 Å². The lowest BCUT2D eigenvalue weighted by molar-refractivity contribution is -0.385. The number of nitro benzene ring substituents is 1. The van der Waals surface area contributed by atoms with E-state index in [0.717, 1.165) is 23.8 Å². The van der Waals surface area contributed by atoms with Gasteiger partial charge in [-0.25, -0.2) is 8.78 Å². The predicted molar refractivity (Wildman–Crippen MR) is 74.7 cm³/mol. The molecule has 0 aliphatic heterocycles. The smallest absolute Gasteiger partial charge is 0.274 e. The van der Waals surface area contributed by atoms with E-state index in [-0.39, 0.29) is 29.7 Å². The summed E-state index contributed by atoms with van der Waals surface area (Å²) in [4.78, 5) is 10.4. The standard InChI is InChI=1S/C15H14F2N2O2/c1-10(11-2-4-13(16)5-3-11)18-9-12-8-14(17)6-7-15(12)19(20)21/h2-8,10,18H,9H2,1H3/t10-/m0/s1. The van der Waals surface area contributed by atoms with Gasteiger partial charge in [-0.1, -0.05) is 12.1 Å². The van der Waals surface area contributed by atoms with Crippen molar-refractivity contribution < 1.29 is 13.7 Å². The van der Waals surface area contributed by atoms with E-state index in [1.54, 1.807) is 12.1 Å². The molecule has 0 radical (unpaired) electrons. The van der Waals surface area contributed by atoms with Gasteiger partial charge in [-0.3, -0.25) is 10.1 Å². The van der Waals surface area contributed by atoms with E-state index in [4.69, 9.17) is 0 Å². The van der Waals surface area contributed by atoms with Crippen molar-refractivity contribution in [3.8, 4) is 0 Å². The van der Waals surface area contributed by atoms with Gasteiger partial charge in [-0.05, 0) is 36.8 Å². The minimum absolute atomic E-state index is 0.129. The van der Waals surface area contributed by atoms with Crippen LogP contribution in [0.2, 0.25) is 0 Å².